The van der Waals surface area contributed by atoms with Gasteiger partial charge in [0, 0.05) is 0 Å². The zero-order chi connectivity index (χ0) is 13.0. The summed E-state index contributed by atoms with van der Waals surface area (Å²) in [7, 11) is 1.43. The second-order valence-electron chi connectivity index (χ2n) is 3.85. The van der Waals surface area contributed by atoms with Crippen LogP contribution in [0.2, 0.25) is 0 Å². The highest BCUT2D eigenvalue weighted by atomic mass is 32.2. The maximum atomic E-state index is 12.3. The molecule has 1 fully saturated rings. The van der Waals surface area contributed by atoms with Crippen molar-refractivity contribution in [2.75, 3.05) is 19.4 Å². The van der Waals surface area contributed by atoms with E-state index in [1.807, 2.05) is 6.07 Å². The highest BCUT2D eigenvalue weighted by Gasteiger charge is 2.18. The van der Waals surface area contributed by atoms with E-state index >= 15 is 0 Å². The minimum Gasteiger partial charge on any atom is -0.493 e. The minimum atomic E-state index is -2.85. The Hall–Kier alpha value is -1.01. The fourth-order valence-corrected chi connectivity index (χ4v) is 2.95. The van der Waals surface area contributed by atoms with Crippen LogP contribution in [-0.2, 0) is 0 Å². The number of ether oxygens (including phenoxy) is 2. The fraction of sp³-hybridized carbons (Fsp3) is 0.500. The highest BCUT2D eigenvalue weighted by Crippen LogP contribution is 2.36. The minimum absolute atomic E-state index is 0.0815. The molecule has 0 radical (unpaired) electrons. The molecule has 0 spiro atoms. The van der Waals surface area contributed by atoms with Crippen molar-refractivity contribution in [3.8, 4) is 11.5 Å². The molecule has 0 saturated carbocycles. The summed E-state index contributed by atoms with van der Waals surface area (Å²) >= 11 is 1.76. The Morgan fingerprint density at radius 3 is 2.83 bits per heavy atom. The number of benzene rings is 1. The van der Waals surface area contributed by atoms with Crippen molar-refractivity contribution >= 4 is 11.8 Å². The molecule has 1 unspecified atom stereocenters. The number of alkyl halides is 2. The zero-order valence-corrected chi connectivity index (χ0v) is 10.8. The molecule has 1 aliphatic heterocycles. The van der Waals surface area contributed by atoms with Crippen molar-refractivity contribution in [3.63, 3.8) is 0 Å². The van der Waals surface area contributed by atoms with Crippen LogP contribution in [-0.4, -0.2) is 26.0 Å². The van der Waals surface area contributed by atoms with Gasteiger partial charge in [0.05, 0.1) is 12.5 Å². The quantitative estimate of drug-likeness (QED) is 0.915. The first kappa shape index (κ1) is 13.4. The molecule has 1 aromatic carbocycles. The van der Waals surface area contributed by atoms with Gasteiger partial charge in [0.25, 0.3) is 0 Å². The van der Waals surface area contributed by atoms with E-state index in [4.69, 9.17) is 4.74 Å². The van der Waals surface area contributed by atoms with Gasteiger partial charge in [0.15, 0.2) is 11.5 Å². The van der Waals surface area contributed by atoms with Gasteiger partial charge in [-0.1, -0.05) is 6.07 Å². The average Bonchev–Trinajstić information content (AvgIpc) is 2.39. The first-order valence-electron chi connectivity index (χ1n) is 5.68. The van der Waals surface area contributed by atoms with E-state index < -0.39 is 6.61 Å². The van der Waals surface area contributed by atoms with E-state index in [-0.39, 0.29) is 11.1 Å². The first-order chi connectivity index (χ1) is 8.70. The van der Waals surface area contributed by atoms with Gasteiger partial charge in [0.2, 0.25) is 0 Å². The lowest BCUT2D eigenvalue weighted by Gasteiger charge is -2.24. The summed E-state index contributed by atoms with van der Waals surface area (Å²) in [5.74, 6) is 1.46. The Kier molecular flexibility index (Phi) is 4.66. The fourth-order valence-electron chi connectivity index (χ4n) is 1.82. The molecular weight excluding hydrogens is 260 g/mol. The number of halogens is 2. The van der Waals surface area contributed by atoms with E-state index in [0.29, 0.717) is 5.75 Å². The van der Waals surface area contributed by atoms with Crippen molar-refractivity contribution in [3.05, 3.63) is 23.8 Å². The molecule has 1 heterocycles. The molecule has 0 bridgehead atoms. The summed E-state index contributed by atoms with van der Waals surface area (Å²) in [6.45, 7) is -1.91. The third-order valence-corrected chi connectivity index (χ3v) is 3.94. The second kappa shape index (κ2) is 6.24. The zero-order valence-electron chi connectivity index (χ0n) is 9.99. The second-order valence-corrected chi connectivity index (χ2v) is 5.06. The van der Waals surface area contributed by atoms with Crippen LogP contribution in [0.4, 0.5) is 8.78 Å². The number of hydrogen-bond acceptors (Lipinski definition) is 4. The van der Waals surface area contributed by atoms with Crippen LogP contribution in [0.5, 0.6) is 11.5 Å². The predicted molar refractivity (Wildman–Crippen MR) is 67.4 cm³/mol. The average molecular weight is 275 g/mol. The molecule has 18 heavy (non-hydrogen) atoms. The largest absolute Gasteiger partial charge is 0.493 e. The van der Waals surface area contributed by atoms with E-state index in [2.05, 4.69) is 10.1 Å². The SMILES string of the molecule is COc1ccc(C2NCCCS2)cc1OC(F)F. The Morgan fingerprint density at radius 2 is 2.22 bits per heavy atom. The van der Waals surface area contributed by atoms with E-state index in [1.54, 1.807) is 23.9 Å². The van der Waals surface area contributed by atoms with Crippen LogP contribution >= 0.6 is 11.8 Å². The number of thioether (sulfide) groups is 1. The van der Waals surface area contributed by atoms with Gasteiger partial charge in [-0.3, -0.25) is 0 Å². The Labute approximate surface area is 109 Å². The van der Waals surface area contributed by atoms with Gasteiger partial charge in [-0.2, -0.15) is 8.78 Å². The maximum Gasteiger partial charge on any atom is 0.387 e. The van der Waals surface area contributed by atoms with Gasteiger partial charge >= 0.3 is 6.61 Å². The van der Waals surface area contributed by atoms with Crippen LogP contribution < -0.4 is 14.8 Å². The molecule has 1 atom stereocenters. The van der Waals surface area contributed by atoms with Crippen molar-refractivity contribution in [2.45, 2.75) is 18.4 Å². The standard InChI is InChI=1S/C12H15F2NO2S/c1-16-9-4-3-8(7-10(9)17-12(13)14)11-15-5-2-6-18-11/h3-4,7,11-12,15H,2,5-6H2,1H3. The third kappa shape index (κ3) is 3.26. The molecule has 1 aliphatic rings. The molecule has 3 nitrogen and oxygen atoms in total. The van der Waals surface area contributed by atoms with Gasteiger partial charge in [0.1, 0.15) is 0 Å². The summed E-state index contributed by atoms with van der Waals surface area (Å²) in [6.07, 6.45) is 1.12. The maximum absolute atomic E-state index is 12.3. The van der Waals surface area contributed by atoms with Crippen LogP contribution in [0.3, 0.4) is 0 Å². The first-order valence-corrected chi connectivity index (χ1v) is 6.73. The normalized spacial score (nSPS) is 19.9. The Bertz CT molecular complexity index is 398. The predicted octanol–water partition coefficient (Wildman–Crippen LogP) is 3.02. The molecule has 6 heteroatoms. The lowest BCUT2D eigenvalue weighted by Crippen LogP contribution is -2.25. The van der Waals surface area contributed by atoms with Crippen molar-refractivity contribution < 1.29 is 18.3 Å². The Morgan fingerprint density at radius 1 is 1.39 bits per heavy atom. The van der Waals surface area contributed by atoms with Crippen molar-refractivity contribution in [1.29, 1.82) is 0 Å². The molecule has 0 aromatic heterocycles. The van der Waals surface area contributed by atoms with E-state index in [0.717, 1.165) is 24.3 Å². The van der Waals surface area contributed by atoms with Gasteiger partial charge in [-0.25, -0.2) is 0 Å². The van der Waals surface area contributed by atoms with Gasteiger partial charge < -0.3 is 14.8 Å². The summed E-state index contributed by atoms with van der Waals surface area (Å²) in [5.41, 5.74) is 0.927. The van der Waals surface area contributed by atoms with Crippen molar-refractivity contribution in [1.82, 2.24) is 5.32 Å². The summed E-state index contributed by atoms with van der Waals surface area (Å²) in [6, 6.07) is 5.14. The monoisotopic (exact) mass is 275 g/mol. The topological polar surface area (TPSA) is 30.5 Å². The molecule has 2 rings (SSSR count). The number of rotatable bonds is 4. The summed E-state index contributed by atoms with van der Waals surface area (Å²) in [4.78, 5) is 0. The molecule has 0 aliphatic carbocycles. The smallest absolute Gasteiger partial charge is 0.387 e. The van der Waals surface area contributed by atoms with Gasteiger partial charge in [-0.15, -0.1) is 11.8 Å². The van der Waals surface area contributed by atoms with Crippen molar-refractivity contribution in [2.24, 2.45) is 0 Å². The van der Waals surface area contributed by atoms with Gasteiger partial charge in [-0.05, 0) is 36.4 Å². The number of hydrogen-bond donors (Lipinski definition) is 1. The lowest BCUT2D eigenvalue weighted by atomic mass is 10.2. The summed E-state index contributed by atoms with van der Waals surface area (Å²) in [5, 5.41) is 3.46. The van der Waals surface area contributed by atoms with Crippen LogP contribution in [0, 0.1) is 0 Å². The molecular formula is C12H15F2NO2S. The van der Waals surface area contributed by atoms with Crippen LogP contribution in [0.25, 0.3) is 0 Å². The summed E-state index contributed by atoms with van der Waals surface area (Å²) < 4.78 is 34.1. The highest BCUT2D eigenvalue weighted by molar-refractivity contribution is 7.99. The third-order valence-electron chi connectivity index (χ3n) is 2.64. The number of methoxy groups -OCH3 is 1. The lowest BCUT2D eigenvalue weighted by molar-refractivity contribution is -0.0512. The van der Waals surface area contributed by atoms with E-state index in [9.17, 15) is 8.78 Å². The molecule has 1 saturated heterocycles. The van der Waals surface area contributed by atoms with E-state index in [1.165, 1.54) is 7.11 Å². The van der Waals surface area contributed by atoms with Crippen LogP contribution in [0.15, 0.2) is 18.2 Å². The molecule has 1 aromatic rings. The molecule has 0 amide bonds. The number of nitrogens with one attached hydrogen (secondary N) is 1. The molecule has 1 N–H and O–H groups in total. The molecule has 100 valence electrons. The van der Waals surface area contributed by atoms with Crippen LogP contribution in [0.1, 0.15) is 17.4 Å². The Balaban J connectivity index is 2.20.